The SMILES string of the molecule is COC(=O)c1ccc(C)c(-c2ccc(/C=C3/SC(=O)N(Cc4ccc(Cl)cc4)C3=O)o2)c1. The molecule has 0 bridgehead atoms. The number of nitrogens with zero attached hydrogens (tertiary/aromatic N) is 1. The first kappa shape index (κ1) is 21.9. The van der Waals surface area contributed by atoms with Crippen molar-refractivity contribution in [3.05, 3.63) is 87.0 Å². The van der Waals surface area contributed by atoms with Crippen LogP contribution in [0, 0.1) is 6.92 Å². The lowest BCUT2D eigenvalue weighted by Crippen LogP contribution is -2.27. The van der Waals surface area contributed by atoms with E-state index in [1.165, 1.54) is 12.0 Å². The van der Waals surface area contributed by atoms with E-state index in [4.69, 9.17) is 20.8 Å². The minimum Gasteiger partial charge on any atom is -0.465 e. The predicted molar refractivity (Wildman–Crippen MR) is 123 cm³/mol. The number of hydrogen-bond donors (Lipinski definition) is 0. The zero-order valence-electron chi connectivity index (χ0n) is 17.3. The first-order valence-corrected chi connectivity index (χ1v) is 10.8. The number of benzene rings is 2. The van der Waals surface area contributed by atoms with Gasteiger partial charge in [0, 0.05) is 16.7 Å². The predicted octanol–water partition coefficient (Wildman–Crippen LogP) is 5.93. The van der Waals surface area contributed by atoms with E-state index in [0.29, 0.717) is 22.1 Å². The number of carbonyl (C=O) groups excluding carboxylic acids is 3. The van der Waals surface area contributed by atoms with Gasteiger partial charge >= 0.3 is 5.97 Å². The molecule has 0 unspecified atom stereocenters. The number of rotatable bonds is 5. The van der Waals surface area contributed by atoms with Crippen LogP contribution in [-0.4, -0.2) is 29.1 Å². The minimum absolute atomic E-state index is 0.169. The summed E-state index contributed by atoms with van der Waals surface area (Å²) in [5.74, 6) is 0.156. The molecular formula is C24H18ClNO5S. The van der Waals surface area contributed by atoms with Gasteiger partial charge in [-0.3, -0.25) is 14.5 Å². The van der Waals surface area contributed by atoms with Crippen molar-refractivity contribution in [2.75, 3.05) is 7.11 Å². The highest BCUT2D eigenvalue weighted by Gasteiger charge is 2.35. The van der Waals surface area contributed by atoms with Crippen molar-refractivity contribution in [2.24, 2.45) is 0 Å². The van der Waals surface area contributed by atoms with Gasteiger partial charge in [0.15, 0.2) is 0 Å². The highest BCUT2D eigenvalue weighted by Crippen LogP contribution is 2.35. The molecule has 162 valence electrons. The fourth-order valence-corrected chi connectivity index (χ4v) is 4.19. The van der Waals surface area contributed by atoms with Crippen LogP contribution in [0.2, 0.25) is 5.02 Å². The molecule has 1 aliphatic rings. The van der Waals surface area contributed by atoms with E-state index in [1.807, 2.05) is 13.0 Å². The van der Waals surface area contributed by atoms with E-state index in [0.717, 1.165) is 28.5 Å². The topological polar surface area (TPSA) is 76.8 Å². The Morgan fingerprint density at radius 1 is 1.12 bits per heavy atom. The van der Waals surface area contributed by atoms with Crippen molar-refractivity contribution in [2.45, 2.75) is 13.5 Å². The van der Waals surface area contributed by atoms with Crippen molar-refractivity contribution in [3.8, 4) is 11.3 Å². The number of thioether (sulfide) groups is 1. The van der Waals surface area contributed by atoms with Crippen molar-refractivity contribution in [1.29, 1.82) is 0 Å². The smallest absolute Gasteiger partial charge is 0.337 e. The summed E-state index contributed by atoms with van der Waals surface area (Å²) in [5, 5.41) is 0.244. The Balaban J connectivity index is 1.56. The lowest BCUT2D eigenvalue weighted by atomic mass is 10.0. The summed E-state index contributed by atoms with van der Waals surface area (Å²) in [6, 6.07) is 15.7. The lowest BCUT2D eigenvalue weighted by Gasteiger charge is -2.12. The number of amides is 2. The summed E-state index contributed by atoms with van der Waals surface area (Å²) in [4.78, 5) is 38.5. The third kappa shape index (κ3) is 4.49. The van der Waals surface area contributed by atoms with Crippen LogP contribution in [0.1, 0.15) is 27.2 Å². The maximum absolute atomic E-state index is 12.8. The fraction of sp³-hybridized carbons (Fsp3) is 0.125. The summed E-state index contributed by atoms with van der Waals surface area (Å²) in [6.07, 6.45) is 1.55. The zero-order valence-corrected chi connectivity index (χ0v) is 18.8. The van der Waals surface area contributed by atoms with Gasteiger partial charge in [-0.05, 0) is 66.2 Å². The molecule has 3 aromatic rings. The van der Waals surface area contributed by atoms with Crippen molar-refractivity contribution < 1.29 is 23.5 Å². The van der Waals surface area contributed by atoms with Gasteiger partial charge in [-0.15, -0.1) is 0 Å². The van der Waals surface area contributed by atoms with Gasteiger partial charge in [-0.2, -0.15) is 0 Å². The molecule has 1 aliphatic heterocycles. The Labute approximate surface area is 193 Å². The van der Waals surface area contributed by atoms with E-state index in [9.17, 15) is 14.4 Å². The number of hydrogen-bond acceptors (Lipinski definition) is 6. The van der Waals surface area contributed by atoms with Gasteiger partial charge in [-0.1, -0.05) is 29.8 Å². The van der Waals surface area contributed by atoms with Crippen LogP contribution in [0.4, 0.5) is 4.79 Å². The maximum Gasteiger partial charge on any atom is 0.337 e. The molecule has 0 radical (unpaired) electrons. The molecule has 2 amide bonds. The highest BCUT2D eigenvalue weighted by atomic mass is 35.5. The van der Waals surface area contributed by atoms with Crippen molar-refractivity contribution in [1.82, 2.24) is 4.90 Å². The molecule has 0 N–H and O–H groups in total. The number of halogens is 1. The number of esters is 1. The molecule has 1 saturated heterocycles. The molecule has 6 nitrogen and oxygen atoms in total. The first-order valence-electron chi connectivity index (χ1n) is 9.64. The third-order valence-electron chi connectivity index (χ3n) is 4.95. The first-order chi connectivity index (χ1) is 15.4. The minimum atomic E-state index is -0.438. The van der Waals surface area contributed by atoms with Crippen LogP contribution >= 0.6 is 23.4 Å². The summed E-state index contributed by atoms with van der Waals surface area (Å²) in [7, 11) is 1.33. The molecular weight excluding hydrogens is 450 g/mol. The van der Waals surface area contributed by atoms with Crippen LogP contribution < -0.4 is 0 Å². The van der Waals surface area contributed by atoms with E-state index < -0.39 is 5.97 Å². The second kappa shape index (κ2) is 9.06. The van der Waals surface area contributed by atoms with E-state index in [-0.39, 0.29) is 22.6 Å². The maximum atomic E-state index is 12.8. The van der Waals surface area contributed by atoms with Gasteiger partial charge < -0.3 is 9.15 Å². The molecule has 0 spiro atoms. The highest BCUT2D eigenvalue weighted by molar-refractivity contribution is 8.18. The van der Waals surface area contributed by atoms with Crippen LogP contribution in [-0.2, 0) is 16.1 Å². The van der Waals surface area contributed by atoms with Crippen molar-refractivity contribution >= 4 is 46.6 Å². The van der Waals surface area contributed by atoms with E-state index >= 15 is 0 Å². The normalized spacial score (nSPS) is 15.0. The Morgan fingerprint density at radius 3 is 2.59 bits per heavy atom. The quantitative estimate of drug-likeness (QED) is 0.342. The molecule has 0 atom stereocenters. The van der Waals surface area contributed by atoms with Gasteiger partial charge in [0.05, 0.1) is 24.1 Å². The van der Waals surface area contributed by atoms with Gasteiger partial charge in [0.2, 0.25) is 0 Å². The molecule has 1 aromatic heterocycles. The summed E-state index contributed by atoms with van der Waals surface area (Å²) in [5.41, 5.74) is 2.87. The molecule has 2 aromatic carbocycles. The van der Waals surface area contributed by atoms with E-state index in [1.54, 1.807) is 54.6 Å². The fourth-order valence-electron chi connectivity index (χ4n) is 3.25. The number of furan rings is 1. The Bertz CT molecular complexity index is 1250. The summed E-state index contributed by atoms with van der Waals surface area (Å²) in [6.45, 7) is 2.07. The van der Waals surface area contributed by atoms with E-state index in [2.05, 4.69) is 0 Å². The molecule has 0 saturated carbocycles. The molecule has 0 aliphatic carbocycles. The second-order valence-corrected chi connectivity index (χ2v) is 8.55. The lowest BCUT2D eigenvalue weighted by molar-refractivity contribution is -0.123. The summed E-state index contributed by atoms with van der Waals surface area (Å²) < 4.78 is 10.7. The van der Waals surface area contributed by atoms with Gasteiger partial charge in [0.25, 0.3) is 11.1 Å². The van der Waals surface area contributed by atoms with Gasteiger partial charge in [0.1, 0.15) is 11.5 Å². The number of methoxy groups -OCH3 is 1. The molecule has 8 heteroatoms. The zero-order chi connectivity index (χ0) is 22.8. The Kier molecular flexibility index (Phi) is 6.21. The monoisotopic (exact) mass is 467 g/mol. The van der Waals surface area contributed by atoms with Crippen LogP contribution in [0.15, 0.2) is 63.9 Å². The standard InChI is InChI=1S/C24H18ClNO5S/c1-14-3-6-16(23(28)30-2)11-19(14)20-10-9-18(31-20)12-21-22(27)26(24(29)32-21)13-15-4-7-17(25)8-5-15/h3-12H,13H2,1-2H3/b21-12+. The van der Waals surface area contributed by atoms with Crippen LogP contribution in [0.25, 0.3) is 17.4 Å². The molecule has 4 rings (SSSR count). The molecule has 2 heterocycles. The average Bonchev–Trinajstić information content (AvgIpc) is 3.35. The van der Waals surface area contributed by atoms with Crippen molar-refractivity contribution in [3.63, 3.8) is 0 Å². The number of ether oxygens (including phenoxy) is 1. The average molecular weight is 468 g/mol. The second-order valence-electron chi connectivity index (χ2n) is 7.12. The number of imide groups is 1. The summed E-state index contributed by atoms with van der Waals surface area (Å²) >= 11 is 6.76. The Morgan fingerprint density at radius 2 is 1.88 bits per heavy atom. The number of carbonyl (C=O) groups is 3. The molecule has 1 fully saturated rings. The van der Waals surface area contributed by atoms with Gasteiger partial charge in [-0.25, -0.2) is 4.79 Å². The number of aryl methyl sites for hydroxylation is 1. The van der Waals surface area contributed by atoms with Crippen LogP contribution in [0.5, 0.6) is 0 Å². The molecule has 32 heavy (non-hydrogen) atoms. The largest absolute Gasteiger partial charge is 0.465 e. The Hall–Kier alpha value is -3.29. The van der Waals surface area contributed by atoms with Crippen LogP contribution in [0.3, 0.4) is 0 Å². The third-order valence-corrected chi connectivity index (χ3v) is 6.11.